The molecule has 0 saturated carbocycles. The van der Waals surface area contributed by atoms with Crippen molar-refractivity contribution in [3.8, 4) is 0 Å². The highest BCUT2D eigenvalue weighted by atomic mass is 16.5. The summed E-state index contributed by atoms with van der Waals surface area (Å²) >= 11 is 0. The molecule has 0 spiro atoms. The Hall–Kier alpha value is -1.20. The maximum absolute atomic E-state index is 12.3. The summed E-state index contributed by atoms with van der Waals surface area (Å²) in [5.41, 5.74) is 1.96. The topological polar surface area (TPSA) is 58.2 Å². The maximum Gasteiger partial charge on any atom is 0.254 e. The van der Waals surface area contributed by atoms with Crippen molar-refractivity contribution in [2.24, 2.45) is 5.92 Å². The van der Waals surface area contributed by atoms with Crippen LogP contribution in [-0.2, 0) is 17.6 Å². The molecule has 2 aliphatic heterocycles. The van der Waals surface area contributed by atoms with Crippen LogP contribution in [-0.4, -0.2) is 47.7 Å². The second-order valence-corrected chi connectivity index (χ2v) is 6.56. The predicted molar refractivity (Wildman–Crippen MR) is 81.7 cm³/mol. The van der Waals surface area contributed by atoms with Crippen molar-refractivity contribution in [1.82, 2.24) is 14.9 Å². The van der Waals surface area contributed by atoms with E-state index in [1.165, 1.54) is 6.42 Å². The molecule has 5 nitrogen and oxygen atoms in total. The van der Waals surface area contributed by atoms with E-state index in [4.69, 9.17) is 9.72 Å². The number of hydrogen-bond donors (Lipinski definition) is 1. The summed E-state index contributed by atoms with van der Waals surface area (Å²) in [5, 5.41) is 0. The number of H-pyrrole nitrogens is 1. The molecular formula is C16H25N3O2. The van der Waals surface area contributed by atoms with Crippen molar-refractivity contribution < 1.29 is 4.74 Å². The van der Waals surface area contributed by atoms with Crippen LogP contribution in [0.4, 0.5) is 0 Å². The number of fused-ring (bicyclic) bond motifs is 1. The Morgan fingerprint density at radius 1 is 1.38 bits per heavy atom. The minimum atomic E-state index is 0.0646. The van der Waals surface area contributed by atoms with Gasteiger partial charge in [0.25, 0.3) is 5.56 Å². The molecule has 1 atom stereocenters. The summed E-state index contributed by atoms with van der Waals surface area (Å²) in [4.78, 5) is 22.4. The maximum atomic E-state index is 12.3. The van der Waals surface area contributed by atoms with E-state index in [9.17, 15) is 4.79 Å². The Labute approximate surface area is 125 Å². The first-order chi connectivity index (χ1) is 10.1. The van der Waals surface area contributed by atoms with Gasteiger partial charge in [0.1, 0.15) is 5.82 Å². The quantitative estimate of drug-likeness (QED) is 0.913. The lowest BCUT2D eigenvalue weighted by Crippen LogP contribution is -2.32. The van der Waals surface area contributed by atoms with Crippen LogP contribution in [0, 0.1) is 5.92 Å². The standard InChI is InChI=1S/C16H25N3O2/c1-11(2)15-17-14-4-7-19(9-12-5-8-21-10-12)6-3-13(14)16(20)18-15/h11-12H,3-10H2,1-2H3,(H,17,18,20). The molecule has 21 heavy (non-hydrogen) atoms. The zero-order valence-electron chi connectivity index (χ0n) is 13.0. The lowest BCUT2D eigenvalue weighted by Gasteiger charge is -2.22. The van der Waals surface area contributed by atoms with Gasteiger partial charge in [-0.15, -0.1) is 0 Å². The van der Waals surface area contributed by atoms with Crippen LogP contribution < -0.4 is 5.56 Å². The summed E-state index contributed by atoms with van der Waals surface area (Å²) in [6.07, 6.45) is 2.86. The largest absolute Gasteiger partial charge is 0.381 e. The van der Waals surface area contributed by atoms with Crippen LogP contribution in [0.5, 0.6) is 0 Å². The lowest BCUT2D eigenvalue weighted by molar-refractivity contribution is 0.168. The zero-order valence-corrected chi connectivity index (χ0v) is 13.0. The van der Waals surface area contributed by atoms with E-state index in [-0.39, 0.29) is 11.5 Å². The lowest BCUT2D eigenvalue weighted by atomic mass is 10.1. The van der Waals surface area contributed by atoms with E-state index >= 15 is 0 Å². The second-order valence-electron chi connectivity index (χ2n) is 6.56. The number of hydrogen-bond acceptors (Lipinski definition) is 4. The fourth-order valence-electron chi connectivity index (χ4n) is 3.22. The first-order valence-corrected chi connectivity index (χ1v) is 8.05. The molecule has 1 aromatic heterocycles. The van der Waals surface area contributed by atoms with E-state index < -0.39 is 0 Å². The van der Waals surface area contributed by atoms with Crippen molar-refractivity contribution in [2.75, 3.05) is 32.8 Å². The summed E-state index contributed by atoms with van der Waals surface area (Å²) in [6, 6.07) is 0. The summed E-state index contributed by atoms with van der Waals surface area (Å²) in [5.74, 6) is 1.73. The zero-order chi connectivity index (χ0) is 14.8. The van der Waals surface area contributed by atoms with Gasteiger partial charge in [-0.25, -0.2) is 4.98 Å². The molecule has 0 aromatic carbocycles. The number of nitrogens with zero attached hydrogens (tertiary/aromatic N) is 2. The van der Waals surface area contributed by atoms with E-state index in [1.807, 2.05) is 0 Å². The third kappa shape index (κ3) is 3.35. The van der Waals surface area contributed by atoms with Crippen molar-refractivity contribution in [3.05, 3.63) is 27.4 Å². The number of ether oxygens (including phenoxy) is 1. The Balaban J connectivity index is 1.73. The Kier molecular flexibility index (Phi) is 4.40. The van der Waals surface area contributed by atoms with Crippen LogP contribution >= 0.6 is 0 Å². The Morgan fingerprint density at radius 2 is 2.19 bits per heavy atom. The third-order valence-corrected chi connectivity index (χ3v) is 4.55. The number of nitrogens with one attached hydrogen (secondary N) is 1. The molecule has 1 fully saturated rings. The van der Waals surface area contributed by atoms with Gasteiger partial charge >= 0.3 is 0 Å². The Morgan fingerprint density at radius 3 is 2.90 bits per heavy atom. The van der Waals surface area contributed by atoms with Crippen LogP contribution in [0.15, 0.2) is 4.79 Å². The SMILES string of the molecule is CC(C)c1nc2c(c(=O)[nH]1)CCN(CC1CCOC1)CC2. The second kappa shape index (κ2) is 6.28. The first-order valence-electron chi connectivity index (χ1n) is 8.05. The molecular weight excluding hydrogens is 266 g/mol. The fourth-order valence-corrected chi connectivity index (χ4v) is 3.22. The van der Waals surface area contributed by atoms with Gasteiger partial charge in [0.05, 0.1) is 12.3 Å². The predicted octanol–water partition coefficient (Wildman–Crippen LogP) is 1.33. The fraction of sp³-hybridized carbons (Fsp3) is 0.750. The highest BCUT2D eigenvalue weighted by molar-refractivity contribution is 5.21. The Bertz CT molecular complexity index is 547. The highest BCUT2D eigenvalue weighted by Crippen LogP contribution is 2.18. The van der Waals surface area contributed by atoms with Gasteiger partial charge in [-0.2, -0.15) is 0 Å². The average molecular weight is 291 g/mol. The number of aromatic amines is 1. The molecule has 0 radical (unpaired) electrons. The smallest absolute Gasteiger partial charge is 0.254 e. The summed E-state index contributed by atoms with van der Waals surface area (Å²) in [7, 11) is 0. The molecule has 116 valence electrons. The molecule has 3 heterocycles. The van der Waals surface area contributed by atoms with Crippen molar-refractivity contribution in [1.29, 1.82) is 0 Å². The van der Waals surface area contributed by atoms with E-state index in [0.717, 1.165) is 62.8 Å². The minimum Gasteiger partial charge on any atom is -0.381 e. The van der Waals surface area contributed by atoms with Crippen molar-refractivity contribution >= 4 is 0 Å². The van der Waals surface area contributed by atoms with Crippen LogP contribution in [0.25, 0.3) is 0 Å². The summed E-state index contributed by atoms with van der Waals surface area (Å²) < 4.78 is 5.46. The monoisotopic (exact) mass is 291 g/mol. The molecule has 2 aliphatic rings. The molecule has 1 saturated heterocycles. The molecule has 1 aromatic rings. The highest BCUT2D eigenvalue weighted by Gasteiger charge is 2.23. The van der Waals surface area contributed by atoms with Crippen molar-refractivity contribution in [3.63, 3.8) is 0 Å². The van der Waals surface area contributed by atoms with E-state index in [1.54, 1.807) is 0 Å². The van der Waals surface area contributed by atoms with Crippen LogP contribution in [0.2, 0.25) is 0 Å². The van der Waals surface area contributed by atoms with Gasteiger partial charge < -0.3 is 14.6 Å². The first kappa shape index (κ1) is 14.7. The van der Waals surface area contributed by atoms with E-state index in [2.05, 4.69) is 23.7 Å². The van der Waals surface area contributed by atoms with Crippen molar-refractivity contribution in [2.45, 2.75) is 39.0 Å². The summed E-state index contributed by atoms with van der Waals surface area (Å²) in [6.45, 7) is 8.95. The number of aromatic nitrogens is 2. The molecule has 0 bridgehead atoms. The molecule has 1 N–H and O–H groups in total. The molecule has 5 heteroatoms. The van der Waals surface area contributed by atoms with Crippen LogP contribution in [0.3, 0.4) is 0 Å². The normalized spacial score (nSPS) is 23.3. The van der Waals surface area contributed by atoms with Gasteiger partial charge in [0.2, 0.25) is 0 Å². The number of rotatable bonds is 3. The van der Waals surface area contributed by atoms with E-state index in [0.29, 0.717) is 5.92 Å². The van der Waals surface area contributed by atoms with Gasteiger partial charge in [-0.3, -0.25) is 4.79 Å². The van der Waals surface area contributed by atoms with Gasteiger partial charge in [0.15, 0.2) is 0 Å². The molecule has 0 amide bonds. The minimum absolute atomic E-state index is 0.0646. The van der Waals surface area contributed by atoms with Crippen LogP contribution in [0.1, 0.15) is 43.3 Å². The molecule has 1 unspecified atom stereocenters. The molecule has 3 rings (SSSR count). The molecule has 0 aliphatic carbocycles. The third-order valence-electron chi connectivity index (χ3n) is 4.55. The average Bonchev–Trinajstić information content (AvgIpc) is 2.86. The van der Waals surface area contributed by atoms with Gasteiger partial charge in [-0.1, -0.05) is 13.8 Å². The van der Waals surface area contributed by atoms with Gasteiger partial charge in [0, 0.05) is 44.1 Å². The van der Waals surface area contributed by atoms with Gasteiger partial charge in [-0.05, 0) is 18.8 Å².